The average molecular weight is 318 g/mol. The molecular weight excluding hydrogens is 299 g/mol. The molecule has 116 valence electrons. The van der Waals surface area contributed by atoms with Gasteiger partial charge in [-0.05, 0) is 18.1 Å². The Kier molecular flexibility index (Phi) is 5.79. The lowest BCUT2D eigenvalue weighted by atomic mass is 10.2. The van der Waals surface area contributed by atoms with Crippen LogP contribution in [0.2, 0.25) is 0 Å². The van der Waals surface area contributed by atoms with E-state index in [-0.39, 0.29) is 18.9 Å². The number of hydrogen-bond acceptors (Lipinski definition) is 4. The molecule has 0 amide bonds. The van der Waals surface area contributed by atoms with Gasteiger partial charge in [0.05, 0.1) is 18.9 Å². The third-order valence-electron chi connectivity index (χ3n) is 3.04. The van der Waals surface area contributed by atoms with Crippen LogP contribution in [0.15, 0.2) is 60.7 Å². The highest BCUT2D eigenvalue weighted by Crippen LogP contribution is 2.53. The van der Waals surface area contributed by atoms with Crippen molar-refractivity contribution in [3.05, 3.63) is 71.8 Å². The van der Waals surface area contributed by atoms with E-state index in [9.17, 15) is 9.36 Å². The molecule has 0 fully saturated rings. The van der Waals surface area contributed by atoms with E-state index in [0.717, 1.165) is 11.1 Å². The smallest absolute Gasteiger partial charge is 0.434 e. The van der Waals surface area contributed by atoms with E-state index in [1.165, 1.54) is 0 Å². The molecule has 0 aliphatic carbocycles. The number of hydrogen-bond donors (Lipinski definition) is 0. The summed E-state index contributed by atoms with van der Waals surface area (Å²) in [5, 5.41) is 0. The summed E-state index contributed by atoms with van der Waals surface area (Å²) in [6.45, 7) is 1.87. The summed E-state index contributed by atoms with van der Waals surface area (Å²) in [4.78, 5) is 11.6. The summed E-state index contributed by atoms with van der Waals surface area (Å²) < 4.78 is 23.1. The van der Waals surface area contributed by atoms with Crippen molar-refractivity contribution in [3.63, 3.8) is 0 Å². The Morgan fingerprint density at radius 3 is 1.77 bits per heavy atom. The lowest BCUT2D eigenvalue weighted by Crippen LogP contribution is -2.08. The molecule has 5 heteroatoms. The van der Waals surface area contributed by atoms with Gasteiger partial charge in [-0.1, -0.05) is 60.7 Å². The SMILES string of the molecule is CCOC(=O)OP(=O)(Cc1ccccc1)Cc1ccccc1. The second kappa shape index (κ2) is 7.81. The van der Waals surface area contributed by atoms with Crippen LogP contribution in [0.25, 0.3) is 0 Å². The van der Waals surface area contributed by atoms with Crippen LogP contribution in [0.1, 0.15) is 18.1 Å². The fourth-order valence-electron chi connectivity index (χ4n) is 2.12. The van der Waals surface area contributed by atoms with Crippen molar-refractivity contribution >= 4 is 13.5 Å². The van der Waals surface area contributed by atoms with Crippen LogP contribution in [0, 0.1) is 0 Å². The Labute approximate surface area is 130 Å². The molecule has 0 bridgehead atoms. The predicted molar refractivity (Wildman–Crippen MR) is 86.0 cm³/mol. The van der Waals surface area contributed by atoms with E-state index in [2.05, 4.69) is 0 Å². The Hall–Kier alpha value is -2.06. The summed E-state index contributed by atoms with van der Waals surface area (Å²) in [5.41, 5.74) is 1.73. The Morgan fingerprint density at radius 2 is 1.36 bits per heavy atom. The van der Waals surface area contributed by atoms with Crippen molar-refractivity contribution in [1.29, 1.82) is 0 Å². The van der Waals surface area contributed by atoms with Crippen molar-refractivity contribution in [1.82, 2.24) is 0 Å². The Balaban J connectivity index is 2.19. The molecule has 0 aliphatic rings. The number of carbonyl (C=O) groups is 1. The first-order valence-corrected chi connectivity index (χ1v) is 9.13. The molecule has 0 saturated carbocycles. The van der Waals surface area contributed by atoms with Gasteiger partial charge in [-0.3, -0.25) is 4.57 Å². The lowest BCUT2D eigenvalue weighted by Gasteiger charge is -2.18. The minimum Gasteiger partial charge on any atom is -0.434 e. The minimum absolute atomic E-state index is 0.190. The molecule has 0 spiro atoms. The maximum Gasteiger partial charge on any atom is 0.513 e. The molecule has 0 atom stereocenters. The van der Waals surface area contributed by atoms with Gasteiger partial charge in [0.2, 0.25) is 0 Å². The van der Waals surface area contributed by atoms with E-state index in [1.54, 1.807) is 6.92 Å². The van der Waals surface area contributed by atoms with Gasteiger partial charge in [0, 0.05) is 0 Å². The first-order valence-electron chi connectivity index (χ1n) is 7.13. The monoisotopic (exact) mass is 318 g/mol. The van der Waals surface area contributed by atoms with Crippen LogP contribution in [-0.2, 0) is 26.1 Å². The van der Waals surface area contributed by atoms with Crippen LogP contribution in [0.5, 0.6) is 0 Å². The quantitative estimate of drug-likeness (QED) is 0.565. The Morgan fingerprint density at radius 1 is 0.909 bits per heavy atom. The highest BCUT2D eigenvalue weighted by molar-refractivity contribution is 7.57. The van der Waals surface area contributed by atoms with E-state index in [0.29, 0.717) is 0 Å². The third-order valence-corrected chi connectivity index (χ3v) is 5.21. The van der Waals surface area contributed by atoms with Crippen LogP contribution in [0.4, 0.5) is 4.79 Å². The summed E-state index contributed by atoms with van der Waals surface area (Å²) in [6, 6.07) is 18.7. The summed E-state index contributed by atoms with van der Waals surface area (Å²) in [6.07, 6.45) is -0.485. The standard InChI is InChI=1S/C17H19O4P/c1-2-20-17(18)21-22(19,13-15-9-5-3-6-10-15)14-16-11-7-4-8-12-16/h3-12H,2,13-14H2,1H3. The molecular formula is C17H19O4P. The molecule has 0 saturated heterocycles. The van der Waals surface area contributed by atoms with Crippen molar-refractivity contribution in [3.8, 4) is 0 Å². The van der Waals surface area contributed by atoms with Gasteiger partial charge < -0.3 is 9.26 Å². The van der Waals surface area contributed by atoms with E-state index >= 15 is 0 Å². The topological polar surface area (TPSA) is 52.6 Å². The third kappa shape index (κ3) is 5.05. The molecule has 2 aromatic rings. The predicted octanol–water partition coefficient (Wildman–Crippen LogP) is 4.84. The second-order valence-corrected chi connectivity index (χ2v) is 7.32. The van der Waals surface area contributed by atoms with Gasteiger partial charge in [0.15, 0.2) is 0 Å². The van der Waals surface area contributed by atoms with Gasteiger partial charge in [0.1, 0.15) is 0 Å². The Bertz CT molecular complexity index is 595. The van der Waals surface area contributed by atoms with Crippen molar-refractivity contribution in [2.75, 3.05) is 6.61 Å². The van der Waals surface area contributed by atoms with Gasteiger partial charge in [-0.2, -0.15) is 0 Å². The summed E-state index contributed by atoms with van der Waals surface area (Å²) in [5.74, 6) is 0. The summed E-state index contributed by atoms with van der Waals surface area (Å²) >= 11 is 0. The number of carbonyl (C=O) groups excluding carboxylic acids is 1. The molecule has 0 N–H and O–H groups in total. The zero-order valence-corrected chi connectivity index (χ0v) is 13.4. The number of benzene rings is 2. The zero-order chi connectivity index (χ0) is 15.8. The highest BCUT2D eigenvalue weighted by Gasteiger charge is 2.29. The van der Waals surface area contributed by atoms with Crippen LogP contribution in [-0.4, -0.2) is 12.8 Å². The molecule has 0 aliphatic heterocycles. The fourth-order valence-corrected chi connectivity index (χ4v) is 4.22. The van der Waals surface area contributed by atoms with Gasteiger partial charge in [-0.15, -0.1) is 0 Å². The van der Waals surface area contributed by atoms with Crippen molar-refractivity contribution in [2.24, 2.45) is 0 Å². The minimum atomic E-state index is -3.22. The maximum absolute atomic E-state index is 13.1. The van der Waals surface area contributed by atoms with Gasteiger partial charge >= 0.3 is 6.16 Å². The first-order chi connectivity index (χ1) is 10.6. The van der Waals surface area contributed by atoms with Gasteiger partial charge in [0.25, 0.3) is 7.37 Å². The molecule has 0 unspecified atom stereocenters. The molecule has 0 heterocycles. The van der Waals surface area contributed by atoms with Gasteiger partial charge in [-0.25, -0.2) is 4.79 Å². The van der Waals surface area contributed by atoms with Crippen molar-refractivity contribution in [2.45, 2.75) is 19.2 Å². The molecule has 4 nitrogen and oxygen atoms in total. The van der Waals surface area contributed by atoms with E-state index in [1.807, 2.05) is 60.7 Å². The second-order valence-electron chi connectivity index (χ2n) is 4.88. The van der Waals surface area contributed by atoms with E-state index < -0.39 is 13.5 Å². The molecule has 0 aromatic heterocycles. The van der Waals surface area contributed by atoms with Crippen LogP contribution >= 0.6 is 7.37 Å². The first kappa shape index (κ1) is 16.3. The van der Waals surface area contributed by atoms with E-state index in [4.69, 9.17) is 9.26 Å². The highest BCUT2D eigenvalue weighted by atomic mass is 31.2. The maximum atomic E-state index is 13.1. The molecule has 2 rings (SSSR count). The average Bonchev–Trinajstić information content (AvgIpc) is 2.49. The van der Waals surface area contributed by atoms with Crippen LogP contribution < -0.4 is 0 Å². The molecule has 0 radical (unpaired) electrons. The number of rotatable bonds is 6. The largest absolute Gasteiger partial charge is 0.513 e. The summed E-state index contributed by atoms with van der Waals surface area (Å²) in [7, 11) is -3.22. The normalized spacial score (nSPS) is 11.0. The fraction of sp³-hybridized carbons (Fsp3) is 0.235. The zero-order valence-electron chi connectivity index (χ0n) is 12.5. The lowest BCUT2D eigenvalue weighted by molar-refractivity contribution is 0.105. The van der Waals surface area contributed by atoms with Crippen molar-refractivity contribution < 1.29 is 18.6 Å². The molecule has 22 heavy (non-hydrogen) atoms. The number of ether oxygens (including phenoxy) is 1. The van der Waals surface area contributed by atoms with Crippen LogP contribution in [0.3, 0.4) is 0 Å². The molecule has 2 aromatic carbocycles.